The van der Waals surface area contributed by atoms with Crippen LogP contribution in [0.1, 0.15) is 32.8 Å². The standard InChI is InChI=1S/C14H20N2O3/c1-5-13(3)14(4,18)16(15-12(17)19-13)11-8-6-10(2)7-9-11/h6-9,18H,5H2,1-4H3,(H,15,17)/t13-,14-/m1/s1. The fraction of sp³-hybridized carbons (Fsp3) is 0.500. The van der Waals surface area contributed by atoms with Crippen molar-refractivity contribution in [3.63, 3.8) is 0 Å². The number of rotatable bonds is 2. The third-order valence-corrected chi connectivity index (χ3v) is 3.93. The first-order valence-corrected chi connectivity index (χ1v) is 6.39. The van der Waals surface area contributed by atoms with Gasteiger partial charge in [0.15, 0.2) is 11.3 Å². The van der Waals surface area contributed by atoms with Gasteiger partial charge in [-0.05, 0) is 39.3 Å². The van der Waals surface area contributed by atoms with Crippen molar-refractivity contribution < 1.29 is 14.6 Å². The second-order valence-electron chi connectivity index (χ2n) is 5.28. The third-order valence-electron chi connectivity index (χ3n) is 3.93. The average Bonchev–Trinajstić information content (AvgIpc) is 2.35. The van der Waals surface area contributed by atoms with Crippen molar-refractivity contribution in [2.24, 2.45) is 0 Å². The minimum absolute atomic E-state index is 0.510. The first kappa shape index (κ1) is 13.7. The van der Waals surface area contributed by atoms with E-state index in [9.17, 15) is 9.90 Å². The number of aliphatic hydroxyl groups is 1. The minimum Gasteiger partial charge on any atom is -0.437 e. The van der Waals surface area contributed by atoms with Crippen LogP contribution in [0.25, 0.3) is 0 Å². The molecule has 2 atom stereocenters. The maximum absolute atomic E-state index is 11.7. The Morgan fingerprint density at radius 3 is 2.42 bits per heavy atom. The SMILES string of the molecule is CC[C@@]1(C)OC(=O)NN(c2ccc(C)cc2)[C@]1(C)O. The molecule has 0 radical (unpaired) electrons. The Hall–Kier alpha value is -1.75. The number of nitrogens with one attached hydrogen (secondary N) is 1. The van der Waals surface area contributed by atoms with Crippen molar-refractivity contribution in [1.82, 2.24) is 5.43 Å². The summed E-state index contributed by atoms with van der Waals surface area (Å²) in [4.78, 5) is 11.7. The van der Waals surface area contributed by atoms with Gasteiger partial charge >= 0.3 is 6.09 Å². The number of hydrogen-bond acceptors (Lipinski definition) is 4. The number of nitrogens with zero attached hydrogens (tertiary/aromatic N) is 1. The highest BCUT2D eigenvalue weighted by Crippen LogP contribution is 2.37. The first-order chi connectivity index (χ1) is 8.80. The number of carbonyl (C=O) groups excluding carboxylic acids is 1. The van der Waals surface area contributed by atoms with Crippen molar-refractivity contribution in [1.29, 1.82) is 0 Å². The number of hydrazine groups is 1. The molecular formula is C14H20N2O3. The molecule has 0 aliphatic carbocycles. The predicted molar refractivity (Wildman–Crippen MR) is 72.6 cm³/mol. The number of aryl methyl sites for hydroxylation is 1. The molecule has 1 aliphatic heterocycles. The minimum atomic E-state index is -1.34. The molecule has 1 aromatic carbocycles. The normalized spacial score (nSPS) is 30.8. The van der Waals surface area contributed by atoms with E-state index >= 15 is 0 Å². The van der Waals surface area contributed by atoms with Crippen LogP contribution in [0.3, 0.4) is 0 Å². The van der Waals surface area contributed by atoms with E-state index in [0.717, 1.165) is 5.56 Å². The molecule has 1 saturated heterocycles. The smallest absolute Gasteiger partial charge is 0.426 e. The van der Waals surface area contributed by atoms with Crippen molar-refractivity contribution in [2.45, 2.75) is 45.4 Å². The highest BCUT2D eigenvalue weighted by atomic mass is 16.6. The van der Waals surface area contributed by atoms with Gasteiger partial charge in [-0.25, -0.2) is 15.2 Å². The van der Waals surface area contributed by atoms with Gasteiger partial charge in [-0.2, -0.15) is 0 Å². The summed E-state index contributed by atoms with van der Waals surface area (Å²) in [5.41, 5.74) is 2.07. The van der Waals surface area contributed by atoms with Crippen molar-refractivity contribution >= 4 is 11.8 Å². The van der Waals surface area contributed by atoms with Crippen molar-refractivity contribution in [3.8, 4) is 0 Å². The fourth-order valence-corrected chi connectivity index (χ4v) is 2.18. The molecule has 0 saturated carbocycles. The van der Waals surface area contributed by atoms with E-state index in [0.29, 0.717) is 12.1 Å². The third kappa shape index (κ3) is 2.14. The van der Waals surface area contributed by atoms with Gasteiger partial charge in [0.25, 0.3) is 0 Å². The average molecular weight is 264 g/mol. The van der Waals surface area contributed by atoms with E-state index in [1.807, 2.05) is 38.1 Å². The lowest BCUT2D eigenvalue weighted by Crippen LogP contribution is -2.72. The number of benzene rings is 1. The largest absolute Gasteiger partial charge is 0.437 e. The van der Waals surface area contributed by atoms with E-state index in [1.54, 1.807) is 13.8 Å². The maximum Gasteiger partial charge on any atom is 0.426 e. The van der Waals surface area contributed by atoms with E-state index < -0.39 is 17.4 Å². The van der Waals surface area contributed by atoms with Gasteiger partial charge < -0.3 is 9.84 Å². The highest BCUT2D eigenvalue weighted by molar-refractivity contribution is 5.73. The summed E-state index contributed by atoms with van der Waals surface area (Å²) in [5.74, 6) is 0. The van der Waals surface area contributed by atoms with Crippen LogP contribution in [0.5, 0.6) is 0 Å². The fourth-order valence-electron chi connectivity index (χ4n) is 2.18. The number of hydrogen-bond donors (Lipinski definition) is 2. The molecule has 19 heavy (non-hydrogen) atoms. The summed E-state index contributed by atoms with van der Waals surface area (Å²) in [6.07, 6.45) is -0.0491. The van der Waals surface area contributed by atoms with Crippen LogP contribution in [0.2, 0.25) is 0 Å². The van der Waals surface area contributed by atoms with Gasteiger partial charge in [0, 0.05) is 0 Å². The molecule has 5 heteroatoms. The molecule has 0 aromatic heterocycles. The van der Waals surface area contributed by atoms with Crippen molar-refractivity contribution in [2.75, 3.05) is 5.01 Å². The van der Waals surface area contributed by atoms with Crippen LogP contribution in [0.15, 0.2) is 24.3 Å². The number of anilines is 1. The molecular weight excluding hydrogens is 244 g/mol. The van der Waals surface area contributed by atoms with Gasteiger partial charge in [0.2, 0.25) is 0 Å². The molecule has 1 aliphatic rings. The summed E-state index contributed by atoms with van der Waals surface area (Å²) < 4.78 is 5.27. The second kappa shape index (κ2) is 4.42. The Kier molecular flexibility index (Phi) is 3.18. The van der Waals surface area contributed by atoms with Gasteiger partial charge in [-0.3, -0.25) is 0 Å². The van der Waals surface area contributed by atoms with E-state index in [2.05, 4.69) is 5.43 Å². The van der Waals surface area contributed by atoms with E-state index in [-0.39, 0.29) is 0 Å². The zero-order valence-electron chi connectivity index (χ0n) is 11.7. The van der Waals surface area contributed by atoms with Crippen LogP contribution in [0.4, 0.5) is 10.5 Å². The molecule has 5 nitrogen and oxygen atoms in total. The molecule has 2 rings (SSSR count). The van der Waals surface area contributed by atoms with Crippen LogP contribution < -0.4 is 10.4 Å². The van der Waals surface area contributed by atoms with E-state index in [1.165, 1.54) is 5.01 Å². The molecule has 1 amide bonds. The lowest BCUT2D eigenvalue weighted by molar-refractivity contribution is -0.158. The summed E-state index contributed by atoms with van der Waals surface area (Å²) >= 11 is 0. The zero-order chi connectivity index (χ0) is 14.3. The summed E-state index contributed by atoms with van der Waals surface area (Å²) in [6.45, 7) is 7.22. The molecule has 2 N–H and O–H groups in total. The molecule has 1 fully saturated rings. The second-order valence-corrected chi connectivity index (χ2v) is 5.28. The Morgan fingerprint density at radius 1 is 1.32 bits per heavy atom. The Morgan fingerprint density at radius 2 is 1.89 bits per heavy atom. The molecule has 104 valence electrons. The summed E-state index contributed by atoms with van der Waals surface area (Å²) in [5, 5.41) is 12.2. The molecule has 0 bridgehead atoms. The molecule has 0 unspecified atom stereocenters. The highest BCUT2D eigenvalue weighted by Gasteiger charge is 2.54. The Balaban J connectivity index is 2.43. The van der Waals surface area contributed by atoms with Crippen LogP contribution in [0, 0.1) is 6.92 Å². The van der Waals surface area contributed by atoms with E-state index in [4.69, 9.17) is 4.74 Å². The lowest BCUT2D eigenvalue weighted by Gasteiger charge is -2.51. The number of cyclic esters (lactones) is 1. The number of amides is 1. The molecule has 0 spiro atoms. The predicted octanol–water partition coefficient (Wildman–Crippen LogP) is 2.33. The van der Waals surface area contributed by atoms with Crippen LogP contribution >= 0.6 is 0 Å². The van der Waals surface area contributed by atoms with Gasteiger partial charge in [0.05, 0.1) is 5.69 Å². The summed E-state index contributed by atoms with van der Waals surface area (Å²) in [7, 11) is 0. The van der Waals surface area contributed by atoms with Crippen LogP contribution in [-0.2, 0) is 4.74 Å². The summed E-state index contributed by atoms with van der Waals surface area (Å²) in [6, 6.07) is 7.56. The first-order valence-electron chi connectivity index (χ1n) is 6.39. The van der Waals surface area contributed by atoms with Gasteiger partial charge in [-0.15, -0.1) is 0 Å². The molecule has 1 aromatic rings. The number of ether oxygens (including phenoxy) is 1. The molecule has 1 heterocycles. The maximum atomic E-state index is 11.7. The van der Waals surface area contributed by atoms with Crippen molar-refractivity contribution in [3.05, 3.63) is 29.8 Å². The van der Waals surface area contributed by atoms with Crippen LogP contribution in [-0.4, -0.2) is 22.5 Å². The number of carbonyl (C=O) groups is 1. The zero-order valence-corrected chi connectivity index (χ0v) is 11.7. The topological polar surface area (TPSA) is 61.8 Å². The Labute approximate surface area is 113 Å². The monoisotopic (exact) mass is 264 g/mol. The van der Waals surface area contributed by atoms with Gasteiger partial charge in [-0.1, -0.05) is 24.6 Å². The Bertz CT molecular complexity index is 484. The quantitative estimate of drug-likeness (QED) is 0.860. The van der Waals surface area contributed by atoms with Gasteiger partial charge in [0.1, 0.15) is 0 Å². The lowest BCUT2D eigenvalue weighted by atomic mass is 9.89.